The van der Waals surface area contributed by atoms with E-state index in [2.05, 4.69) is 10.2 Å². The first kappa shape index (κ1) is 9.61. The van der Waals surface area contributed by atoms with Gasteiger partial charge in [-0.1, -0.05) is 0 Å². The molecule has 0 aliphatic heterocycles. The van der Waals surface area contributed by atoms with E-state index in [1.807, 2.05) is 4.57 Å². The minimum absolute atomic E-state index is 0.241. The maximum atomic E-state index is 9.82. The molecular formula is C9H16N4O. The summed E-state index contributed by atoms with van der Waals surface area (Å²) in [4.78, 5) is 0. The van der Waals surface area contributed by atoms with Crippen molar-refractivity contribution in [3.05, 3.63) is 12.2 Å². The highest BCUT2D eigenvalue weighted by Crippen LogP contribution is 2.35. The number of aliphatic hydroxyl groups is 1. The zero-order valence-electron chi connectivity index (χ0n) is 8.35. The van der Waals surface area contributed by atoms with Crippen LogP contribution in [0.15, 0.2) is 6.33 Å². The van der Waals surface area contributed by atoms with E-state index in [0.717, 1.165) is 5.82 Å². The lowest BCUT2D eigenvalue weighted by Crippen LogP contribution is -2.37. The zero-order valence-corrected chi connectivity index (χ0v) is 8.35. The van der Waals surface area contributed by atoms with E-state index in [9.17, 15) is 5.11 Å². The van der Waals surface area contributed by atoms with Crippen LogP contribution in [-0.4, -0.2) is 32.0 Å². The van der Waals surface area contributed by atoms with Crippen molar-refractivity contribution in [3.8, 4) is 0 Å². The Morgan fingerprint density at radius 1 is 1.71 bits per heavy atom. The zero-order chi connectivity index (χ0) is 10.2. The third-order valence-corrected chi connectivity index (χ3v) is 2.57. The van der Waals surface area contributed by atoms with Crippen LogP contribution in [0.2, 0.25) is 0 Å². The maximum Gasteiger partial charge on any atom is 0.135 e. The number of hydrogen-bond acceptors (Lipinski definition) is 4. The molecule has 0 bridgehead atoms. The van der Waals surface area contributed by atoms with E-state index in [0.29, 0.717) is 12.5 Å². The van der Waals surface area contributed by atoms with Gasteiger partial charge in [-0.3, -0.25) is 0 Å². The highest BCUT2D eigenvalue weighted by Gasteiger charge is 2.29. The average Bonchev–Trinajstić information content (AvgIpc) is 2.88. The van der Waals surface area contributed by atoms with Gasteiger partial charge in [-0.05, 0) is 19.8 Å². The van der Waals surface area contributed by atoms with E-state index < -0.39 is 5.60 Å². The summed E-state index contributed by atoms with van der Waals surface area (Å²) in [5.41, 5.74) is 4.58. The van der Waals surface area contributed by atoms with Crippen molar-refractivity contribution in [2.45, 2.75) is 37.8 Å². The van der Waals surface area contributed by atoms with Crippen LogP contribution in [0, 0.1) is 0 Å². The van der Waals surface area contributed by atoms with Crippen LogP contribution in [0.3, 0.4) is 0 Å². The van der Waals surface area contributed by atoms with Crippen LogP contribution in [0.5, 0.6) is 0 Å². The van der Waals surface area contributed by atoms with Crippen molar-refractivity contribution < 1.29 is 5.11 Å². The molecule has 1 aliphatic rings. The second kappa shape index (κ2) is 3.33. The Bertz CT molecular complexity index is 316. The van der Waals surface area contributed by atoms with Crippen molar-refractivity contribution in [2.75, 3.05) is 6.54 Å². The topological polar surface area (TPSA) is 77.0 Å². The van der Waals surface area contributed by atoms with E-state index in [1.54, 1.807) is 13.3 Å². The van der Waals surface area contributed by atoms with Crippen molar-refractivity contribution in [3.63, 3.8) is 0 Å². The molecule has 1 atom stereocenters. The average molecular weight is 196 g/mol. The van der Waals surface area contributed by atoms with Crippen molar-refractivity contribution in [2.24, 2.45) is 5.73 Å². The fourth-order valence-corrected chi connectivity index (χ4v) is 1.46. The number of aromatic nitrogens is 3. The van der Waals surface area contributed by atoms with Crippen molar-refractivity contribution >= 4 is 0 Å². The smallest absolute Gasteiger partial charge is 0.135 e. The molecule has 1 aromatic heterocycles. The SMILES string of the molecule is CC(O)(CN)Cc1nncn1C1CC1. The summed E-state index contributed by atoms with van der Waals surface area (Å²) in [6, 6.07) is 0.550. The Kier molecular flexibility index (Phi) is 2.28. The molecule has 14 heavy (non-hydrogen) atoms. The predicted octanol–water partition coefficient (Wildman–Crippen LogP) is -0.135. The van der Waals surface area contributed by atoms with Crippen LogP contribution >= 0.6 is 0 Å². The van der Waals surface area contributed by atoms with E-state index in [4.69, 9.17) is 5.73 Å². The van der Waals surface area contributed by atoms with Gasteiger partial charge in [0.05, 0.1) is 5.60 Å². The third-order valence-electron chi connectivity index (χ3n) is 2.57. The van der Waals surface area contributed by atoms with Gasteiger partial charge in [0.15, 0.2) is 0 Å². The Balaban J connectivity index is 2.11. The summed E-state index contributed by atoms with van der Waals surface area (Å²) in [6.45, 7) is 1.96. The molecule has 1 aliphatic carbocycles. The van der Waals surface area contributed by atoms with Gasteiger partial charge in [-0.15, -0.1) is 10.2 Å². The molecule has 1 heterocycles. The van der Waals surface area contributed by atoms with Gasteiger partial charge < -0.3 is 15.4 Å². The molecule has 78 valence electrons. The quantitative estimate of drug-likeness (QED) is 0.703. The van der Waals surface area contributed by atoms with Gasteiger partial charge in [-0.25, -0.2) is 0 Å². The van der Waals surface area contributed by atoms with Crippen molar-refractivity contribution in [1.82, 2.24) is 14.8 Å². The van der Waals surface area contributed by atoms with Gasteiger partial charge in [0.1, 0.15) is 12.2 Å². The highest BCUT2D eigenvalue weighted by atomic mass is 16.3. The maximum absolute atomic E-state index is 9.82. The van der Waals surface area contributed by atoms with Gasteiger partial charge in [0.25, 0.3) is 0 Å². The van der Waals surface area contributed by atoms with Crippen LogP contribution in [0.25, 0.3) is 0 Å². The lowest BCUT2D eigenvalue weighted by Gasteiger charge is -2.20. The minimum Gasteiger partial charge on any atom is -0.388 e. The molecule has 0 spiro atoms. The highest BCUT2D eigenvalue weighted by molar-refractivity contribution is 4.99. The molecule has 3 N–H and O–H groups in total. The first-order valence-corrected chi connectivity index (χ1v) is 4.93. The fraction of sp³-hybridized carbons (Fsp3) is 0.778. The van der Waals surface area contributed by atoms with Gasteiger partial charge in [-0.2, -0.15) is 0 Å². The molecule has 1 unspecified atom stereocenters. The number of nitrogens with zero attached hydrogens (tertiary/aromatic N) is 3. The standard InChI is InChI=1S/C9H16N4O/c1-9(14,5-10)4-8-12-11-6-13(8)7-2-3-7/h6-7,14H,2-5,10H2,1H3. The first-order valence-electron chi connectivity index (χ1n) is 4.93. The lowest BCUT2D eigenvalue weighted by atomic mass is 10.0. The molecule has 0 aromatic carbocycles. The van der Waals surface area contributed by atoms with Gasteiger partial charge in [0, 0.05) is 19.0 Å². The summed E-state index contributed by atoms with van der Waals surface area (Å²) >= 11 is 0. The van der Waals surface area contributed by atoms with E-state index in [1.165, 1.54) is 12.8 Å². The largest absolute Gasteiger partial charge is 0.388 e. The minimum atomic E-state index is -0.875. The third kappa shape index (κ3) is 1.93. The number of nitrogens with two attached hydrogens (primary N) is 1. The van der Waals surface area contributed by atoms with Crippen molar-refractivity contribution in [1.29, 1.82) is 0 Å². The van der Waals surface area contributed by atoms with Crippen LogP contribution < -0.4 is 5.73 Å². The second-order valence-corrected chi connectivity index (χ2v) is 4.26. The monoisotopic (exact) mass is 196 g/mol. The lowest BCUT2D eigenvalue weighted by molar-refractivity contribution is 0.0665. The fourth-order valence-electron chi connectivity index (χ4n) is 1.46. The van der Waals surface area contributed by atoms with Crippen LogP contribution in [-0.2, 0) is 6.42 Å². The molecule has 0 amide bonds. The Labute approximate surface area is 82.9 Å². The number of rotatable bonds is 4. The predicted molar refractivity (Wildman–Crippen MR) is 51.7 cm³/mol. The van der Waals surface area contributed by atoms with E-state index >= 15 is 0 Å². The van der Waals surface area contributed by atoms with Crippen LogP contribution in [0.1, 0.15) is 31.6 Å². The molecule has 1 saturated carbocycles. The molecule has 2 rings (SSSR count). The molecule has 5 heteroatoms. The summed E-state index contributed by atoms with van der Waals surface area (Å²) < 4.78 is 2.05. The van der Waals surface area contributed by atoms with Gasteiger partial charge >= 0.3 is 0 Å². The summed E-state index contributed by atoms with van der Waals surface area (Å²) in [5, 5.41) is 17.7. The van der Waals surface area contributed by atoms with Gasteiger partial charge in [0.2, 0.25) is 0 Å². The number of hydrogen-bond donors (Lipinski definition) is 2. The molecule has 0 saturated heterocycles. The van der Waals surface area contributed by atoms with E-state index in [-0.39, 0.29) is 6.54 Å². The first-order chi connectivity index (χ1) is 6.62. The summed E-state index contributed by atoms with van der Waals surface area (Å²) in [7, 11) is 0. The molecule has 5 nitrogen and oxygen atoms in total. The summed E-state index contributed by atoms with van der Waals surface area (Å²) in [5.74, 6) is 0.836. The molecule has 1 aromatic rings. The Morgan fingerprint density at radius 3 is 3.00 bits per heavy atom. The molecule has 0 radical (unpaired) electrons. The molecule has 1 fully saturated rings. The normalized spacial score (nSPS) is 20.8. The van der Waals surface area contributed by atoms with Crippen LogP contribution in [0.4, 0.5) is 0 Å². The summed E-state index contributed by atoms with van der Waals surface area (Å²) in [6.07, 6.45) is 4.59. The Hall–Kier alpha value is -0.940. The Morgan fingerprint density at radius 2 is 2.43 bits per heavy atom. The molecular weight excluding hydrogens is 180 g/mol. The second-order valence-electron chi connectivity index (χ2n) is 4.26.